The third-order valence-electron chi connectivity index (χ3n) is 3.91. The lowest BCUT2D eigenvalue weighted by atomic mass is 9.94. The second-order valence-corrected chi connectivity index (χ2v) is 5.70. The Balaban J connectivity index is 2.07. The molecular formula is C18H15F3N2O. The van der Waals surface area contributed by atoms with Crippen LogP contribution in [0.25, 0.3) is 0 Å². The number of para-hydroxylation sites is 1. The van der Waals surface area contributed by atoms with E-state index in [2.05, 4.69) is 5.10 Å². The zero-order valence-electron chi connectivity index (χ0n) is 12.9. The summed E-state index contributed by atoms with van der Waals surface area (Å²) in [6, 6.07) is 15.2. The van der Waals surface area contributed by atoms with Crippen LogP contribution in [0.4, 0.5) is 18.9 Å². The number of anilines is 1. The molecule has 0 N–H and O–H groups in total. The Morgan fingerprint density at radius 3 is 2.25 bits per heavy atom. The molecule has 0 fully saturated rings. The number of hydrazone groups is 1. The number of carbonyl (C=O) groups excluding carboxylic acids is 1. The van der Waals surface area contributed by atoms with Crippen molar-refractivity contribution in [3.63, 3.8) is 0 Å². The molecule has 1 amide bonds. The molecule has 0 radical (unpaired) electrons. The van der Waals surface area contributed by atoms with Crippen molar-refractivity contribution in [1.29, 1.82) is 0 Å². The molecule has 1 aliphatic heterocycles. The lowest BCUT2D eigenvalue weighted by molar-refractivity contribution is -0.180. The van der Waals surface area contributed by atoms with Crippen LogP contribution in [-0.4, -0.2) is 17.8 Å². The van der Waals surface area contributed by atoms with Crippen LogP contribution in [0.15, 0.2) is 59.7 Å². The van der Waals surface area contributed by atoms with Crippen LogP contribution >= 0.6 is 0 Å². The van der Waals surface area contributed by atoms with Crippen molar-refractivity contribution in [2.24, 2.45) is 11.0 Å². The van der Waals surface area contributed by atoms with Gasteiger partial charge in [0.25, 0.3) is 5.91 Å². The Morgan fingerprint density at radius 1 is 1.04 bits per heavy atom. The van der Waals surface area contributed by atoms with E-state index in [9.17, 15) is 18.0 Å². The molecule has 0 spiro atoms. The van der Waals surface area contributed by atoms with Gasteiger partial charge in [-0.15, -0.1) is 0 Å². The van der Waals surface area contributed by atoms with E-state index in [1.54, 1.807) is 42.5 Å². The summed E-state index contributed by atoms with van der Waals surface area (Å²) in [4.78, 5) is 12.3. The van der Waals surface area contributed by atoms with Crippen LogP contribution in [0, 0.1) is 12.8 Å². The van der Waals surface area contributed by atoms with Crippen molar-refractivity contribution in [2.45, 2.75) is 19.5 Å². The number of nitrogens with zero attached hydrogens (tertiary/aromatic N) is 2. The van der Waals surface area contributed by atoms with E-state index in [0.29, 0.717) is 11.3 Å². The summed E-state index contributed by atoms with van der Waals surface area (Å²) in [5, 5.41) is 5.06. The van der Waals surface area contributed by atoms with Crippen molar-refractivity contribution in [3.05, 3.63) is 65.7 Å². The van der Waals surface area contributed by atoms with E-state index >= 15 is 0 Å². The van der Waals surface area contributed by atoms with Gasteiger partial charge in [0.05, 0.1) is 11.4 Å². The van der Waals surface area contributed by atoms with Gasteiger partial charge in [-0.05, 0) is 24.6 Å². The van der Waals surface area contributed by atoms with Crippen molar-refractivity contribution in [3.8, 4) is 0 Å². The van der Waals surface area contributed by atoms with Crippen LogP contribution in [-0.2, 0) is 4.79 Å². The Kier molecular flexibility index (Phi) is 4.13. The van der Waals surface area contributed by atoms with E-state index in [1.807, 2.05) is 19.1 Å². The van der Waals surface area contributed by atoms with Gasteiger partial charge in [0.15, 0.2) is 0 Å². The van der Waals surface area contributed by atoms with Gasteiger partial charge in [-0.2, -0.15) is 23.3 Å². The third kappa shape index (κ3) is 3.18. The van der Waals surface area contributed by atoms with Crippen molar-refractivity contribution < 1.29 is 18.0 Å². The molecule has 0 saturated carbocycles. The van der Waals surface area contributed by atoms with Crippen molar-refractivity contribution in [2.75, 3.05) is 5.01 Å². The fourth-order valence-corrected chi connectivity index (χ4v) is 2.57. The summed E-state index contributed by atoms with van der Waals surface area (Å²) in [6.07, 6.45) is -5.06. The van der Waals surface area contributed by atoms with E-state index in [1.165, 1.54) is 0 Å². The first-order valence-corrected chi connectivity index (χ1v) is 7.46. The van der Waals surface area contributed by atoms with E-state index in [4.69, 9.17) is 0 Å². The van der Waals surface area contributed by atoms with Crippen LogP contribution < -0.4 is 5.01 Å². The van der Waals surface area contributed by atoms with Crippen molar-refractivity contribution in [1.82, 2.24) is 0 Å². The minimum Gasteiger partial charge on any atom is -0.272 e. The van der Waals surface area contributed by atoms with Crippen LogP contribution in [0.2, 0.25) is 0 Å². The molecule has 2 aromatic rings. The summed E-state index contributed by atoms with van der Waals surface area (Å²) in [7, 11) is 0. The summed E-state index contributed by atoms with van der Waals surface area (Å²) in [5.41, 5.74) is 2.16. The average Bonchev–Trinajstić information content (AvgIpc) is 2.55. The molecule has 1 unspecified atom stereocenters. The minimum absolute atomic E-state index is 0.251. The van der Waals surface area contributed by atoms with Gasteiger partial charge in [-0.1, -0.05) is 48.0 Å². The Bertz CT molecular complexity index is 767. The van der Waals surface area contributed by atoms with E-state index in [-0.39, 0.29) is 5.71 Å². The quantitative estimate of drug-likeness (QED) is 0.806. The molecule has 1 atom stereocenters. The number of rotatable bonds is 2. The highest BCUT2D eigenvalue weighted by Gasteiger charge is 2.49. The molecule has 1 aliphatic rings. The van der Waals surface area contributed by atoms with Gasteiger partial charge in [0.1, 0.15) is 5.92 Å². The van der Waals surface area contributed by atoms with Gasteiger partial charge < -0.3 is 0 Å². The number of hydrogen-bond acceptors (Lipinski definition) is 2. The Hall–Kier alpha value is -2.63. The number of benzene rings is 2. The number of amides is 1. The maximum atomic E-state index is 13.3. The molecule has 0 aliphatic carbocycles. The SMILES string of the molecule is Cc1ccc(C2=NN(c3ccccc3)C(=O)C(C(F)(F)F)C2)cc1. The molecule has 3 rings (SSSR count). The maximum Gasteiger partial charge on any atom is 0.400 e. The summed E-state index contributed by atoms with van der Waals surface area (Å²) < 4.78 is 40.0. The largest absolute Gasteiger partial charge is 0.400 e. The van der Waals surface area contributed by atoms with Crippen LogP contribution in [0.5, 0.6) is 0 Å². The fraction of sp³-hybridized carbons (Fsp3) is 0.222. The molecule has 6 heteroatoms. The zero-order chi connectivity index (χ0) is 17.3. The fourth-order valence-electron chi connectivity index (χ4n) is 2.57. The molecule has 1 heterocycles. The molecule has 24 heavy (non-hydrogen) atoms. The highest BCUT2D eigenvalue weighted by Crippen LogP contribution is 2.36. The second kappa shape index (κ2) is 6.11. The van der Waals surface area contributed by atoms with E-state index < -0.39 is 24.4 Å². The standard InChI is InChI=1S/C18H15F3N2O/c1-12-7-9-13(10-8-12)16-11-15(18(19,20)21)17(24)23(22-16)14-5-3-2-4-6-14/h2-10,15H,11H2,1H3. The number of alkyl halides is 3. The summed E-state index contributed by atoms with van der Waals surface area (Å²) >= 11 is 0. The summed E-state index contributed by atoms with van der Waals surface area (Å²) in [6.45, 7) is 1.89. The lowest BCUT2D eigenvalue weighted by Crippen LogP contribution is -2.45. The summed E-state index contributed by atoms with van der Waals surface area (Å²) in [5.74, 6) is -3.14. The van der Waals surface area contributed by atoms with Gasteiger partial charge >= 0.3 is 6.18 Å². The average molecular weight is 332 g/mol. The van der Waals surface area contributed by atoms with Gasteiger partial charge in [0.2, 0.25) is 0 Å². The first kappa shape index (κ1) is 16.2. The van der Waals surface area contributed by atoms with Crippen LogP contribution in [0.3, 0.4) is 0 Å². The molecular weight excluding hydrogens is 317 g/mol. The predicted molar refractivity (Wildman–Crippen MR) is 85.8 cm³/mol. The molecule has 0 saturated heterocycles. The lowest BCUT2D eigenvalue weighted by Gasteiger charge is -2.30. The highest BCUT2D eigenvalue weighted by molar-refractivity contribution is 6.10. The number of carbonyl (C=O) groups is 1. The van der Waals surface area contributed by atoms with Gasteiger partial charge in [0, 0.05) is 6.42 Å². The van der Waals surface area contributed by atoms with E-state index in [0.717, 1.165) is 10.6 Å². The number of hydrogen-bond donors (Lipinski definition) is 0. The highest BCUT2D eigenvalue weighted by atomic mass is 19.4. The predicted octanol–water partition coefficient (Wildman–Crippen LogP) is 4.31. The normalized spacial score (nSPS) is 18.5. The minimum atomic E-state index is -4.62. The smallest absolute Gasteiger partial charge is 0.272 e. The molecule has 0 bridgehead atoms. The topological polar surface area (TPSA) is 32.7 Å². The molecule has 3 nitrogen and oxygen atoms in total. The number of halogens is 3. The first-order chi connectivity index (χ1) is 11.4. The van der Waals surface area contributed by atoms with Crippen LogP contribution in [0.1, 0.15) is 17.5 Å². The third-order valence-corrected chi connectivity index (χ3v) is 3.91. The Labute approximate surface area is 137 Å². The zero-order valence-corrected chi connectivity index (χ0v) is 12.9. The van der Waals surface area contributed by atoms with Crippen molar-refractivity contribution >= 4 is 17.3 Å². The maximum absolute atomic E-state index is 13.3. The second-order valence-electron chi connectivity index (χ2n) is 5.70. The number of aryl methyl sites for hydroxylation is 1. The first-order valence-electron chi connectivity index (χ1n) is 7.46. The van der Waals surface area contributed by atoms with Gasteiger partial charge in [-0.3, -0.25) is 4.79 Å². The Morgan fingerprint density at radius 2 is 1.67 bits per heavy atom. The molecule has 2 aromatic carbocycles. The molecule has 124 valence electrons. The monoisotopic (exact) mass is 332 g/mol. The molecule has 0 aromatic heterocycles. The van der Waals surface area contributed by atoms with Gasteiger partial charge in [-0.25, -0.2) is 0 Å².